The molecule has 3 aromatic rings. The lowest BCUT2D eigenvalue weighted by atomic mass is 9.86. The number of nitriles is 1. The predicted molar refractivity (Wildman–Crippen MR) is 101 cm³/mol. The lowest BCUT2D eigenvalue weighted by Crippen LogP contribution is -2.44. The number of aromatic amines is 1. The van der Waals surface area contributed by atoms with Crippen molar-refractivity contribution in [2.45, 2.75) is 32.2 Å². The number of morpholine rings is 1. The van der Waals surface area contributed by atoms with Crippen LogP contribution in [0.4, 0.5) is 5.82 Å². The molecule has 0 aromatic carbocycles. The molecule has 1 unspecified atom stereocenters. The average Bonchev–Trinajstić information content (AvgIpc) is 3.30. The van der Waals surface area contributed by atoms with Crippen molar-refractivity contribution >= 4 is 27.6 Å². The molecule has 0 bridgehead atoms. The molecule has 1 saturated heterocycles. The van der Waals surface area contributed by atoms with E-state index in [-0.39, 0.29) is 6.04 Å². The van der Waals surface area contributed by atoms with Gasteiger partial charge in [-0.1, -0.05) is 0 Å². The summed E-state index contributed by atoms with van der Waals surface area (Å²) in [5.74, 6) is 0.868. The number of aromatic nitrogens is 4. The minimum absolute atomic E-state index is 0.231. The number of pyridine rings is 1. The van der Waals surface area contributed by atoms with E-state index in [0.717, 1.165) is 39.5 Å². The fourth-order valence-electron chi connectivity index (χ4n) is 3.21. The third kappa shape index (κ3) is 2.73. The van der Waals surface area contributed by atoms with Crippen molar-refractivity contribution in [3.05, 3.63) is 23.9 Å². The van der Waals surface area contributed by atoms with Gasteiger partial charge in [0.2, 0.25) is 0 Å². The molecule has 0 amide bonds. The van der Waals surface area contributed by atoms with Crippen molar-refractivity contribution in [1.29, 1.82) is 5.26 Å². The number of nitrogens with zero attached hydrogens (tertiary/aromatic N) is 5. The van der Waals surface area contributed by atoms with Crippen LogP contribution >= 0.6 is 11.5 Å². The Morgan fingerprint density at radius 1 is 1.46 bits per heavy atom. The van der Waals surface area contributed by atoms with E-state index in [4.69, 9.17) is 9.72 Å². The van der Waals surface area contributed by atoms with Gasteiger partial charge in [0.1, 0.15) is 17.0 Å². The normalized spacial score (nSPS) is 18.2. The summed E-state index contributed by atoms with van der Waals surface area (Å²) < 4.78 is 11.1. The molecule has 1 fully saturated rings. The SMILES string of the molecule is CC1COCCN1c1cc(C(C)(C)C#N)c2snc(-c3ccn[nH]3)c2n1. The molecule has 7 nitrogen and oxygen atoms in total. The molecule has 0 spiro atoms. The molecule has 0 aliphatic carbocycles. The molecule has 4 heterocycles. The van der Waals surface area contributed by atoms with Gasteiger partial charge < -0.3 is 9.64 Å². The first-order valence-electron chi connectivity index (χ1n) is 8.57. The molecule has 1 aliphatic rings. The Hall–Kier alpha value is -2.50. The van der Waals surface area contributed by atoms with Crippen LogP contribution in [0.1, 0.15) is 26.3 Å². The molecular formula is C18H20N6OS. The maximum Gasteiger partial charge on any atom is 0.130 e. The number of nitrogens with one attached hydrogen (secondary N) is 1. The molecule has 0 radical (unpaired) electrons. The zero-order valence-corrected chi connectivity index (χ0v) is 15.8. The number of fused-ring (bicyclic) bond motifs is 1. The van der Waals surface area contributed by atoms with Crippen molar-refractivity contribution in [2.24, 2.45) is 0 Å². The molecule has 3 aromatic heterocycles. The van der Waals surface area contributed by atoms with Crippen molar-refractivity contribution in [3.8, 4) is 17.5 Å². The summed E-state index contributed by atoms with van der Waals surface area (Å²) in [5.41, 5.74) is 2.75. The second-order valence-corrected chi connectivity index (χ2v) is 7.83. The minimum atomic E-state index is -0.636. The fraction of sp³-hybridized carbons (Fsp3) is 0.444. The summed E-state index contributed by atoms with van der Waals surface area (Å²) in [6, 6.07) is 6.58. The van der Waals surface area contributed by atoms with Crippen molar-refractivity contribution in [2.75, 3.05) is 24.7 Å². The molecule has 8 heteroatoms. The minimum Gasteiger partial charge on any atom is -0.377 e. The fourth-order valence-corrected chi connectivity index (χ4v) is 4.22. The summed E-state index contributed by atoms with van der Waals surface area (Å²) in [6.45, 7) is 8.13. The third-order valence-corrected chi connectivity index (χ3v) is 5.65. The zero-order chi connectivity index (χ0) is 18.3. The summed E-state index contributed by atoms with van der Waals surface area (Å²) in [7, 11) is 0. The van der Waals surface area contributed by atoms with Gasteiger partial charge in [-0.2, -0.15) is 14.7 Å². The van der Waals surface area contributed by atoms with Crippen LogP contribution in [0.3, 0.4) is 0 Å². The largest absolute Gasteiger partial charge is 0.377 e. The number of hydrogen-bond donors (Lipinski definition) is 1. The Labute approximate surface area is 155 Å². The van der Waals surface area contributed by atoms with Crippen LogP contribution in [0, 0.1) is 11.3 Å². The number of anilines is 1. The number of hydrogen-bond acceptors (Lipinski definition) is 7. The Morgan fingerprint density at radius 3 is 3.00 bits per heavy atom. The van der Waals surface area contributed by atoms with Crippen molar-refractivity contribution in [1.82, 2.24) is 19.6 Å². The highest BCUT2D eigenvalue weighted by Crippen LogP contribution is 2.38. The quantitative estimate of drug-likeness (QED) is 0.764. The molecule has 1 N–H and O–H groups in total. The average molecular weight is 368 g/mol. The number of rotatable bonds is 3. The van der Waals surface area contributed by atoms with Crippen LogP contribution < -0.4 is 4.90 Å². The predicted octanol–water partition coefficient (Wildman–Crippen LogP) is 3.11. The van der Waals surface area contributed by atoms with Crippen LogP contribution in [-0.4, -0.2) is 45.4 Å². The van der Waals surface area contributed by atoms with Gasteiger partial charge in [-0.15, -0.1) is 0 Å². The lowest BCUT2D eigenvalue weighted by Gasteiger charge is -2.35. The highest BCUT2D eigenvalue weighted by molar-refractivity contribution is 7.13. The van der Waals surface area contributed by atoms with E-state index >= 15 is 0 Å². The Bertz CT molecular complexity index is 972. The van der Waals surface area contributed by atoms with Gasteiger partial charge in [-0.05, 0) is 50.0 Å². The summed E-state index contributed by atoms with van der Waals surface area (Å²) in [5, 5.41) is 16.7. The van der Waals surface area contributed by atoms with E-state index in [2.05, 4.69) is 32.5 Å². The molecule has 4 rings (SSSR count). The number of H-pyrrole nitrogens is 1. The third-order valence-electron chi connectivity index (χ3n) is 4.78. The van der Waals surface area contributed by atoms with E-state index in [1.165, 1.54) is 11.5 Å². The number of ether oxygens (including phenoxy) is 1. The van der Waals surface area contributed by atoms with Crippen molar-refractivity contribution in [3.63, 3.8) is 0 Å². The van der Waals surface area contributed by atoms with Crippen LogP contribution in [0.2, 0.25) is 0 Å². The van der Waals surface area contributed by atoms with E-state index < -0.39 is 5.41 Å². The van der Waals surface area contributed by atoms with Gasteiger partial charge in [-0.25, -0.2) is 4.98 Å². The summed E-state index contributed by atoms with van der Waals surface area (Å²) >= 11 is 1.38. The highest BCUT2D eigenvalue weighted by Gasteiger charge is 2.29. The Balaban J connectivity index is 1.96. The monoisotopic (exact) mass is 368 g/mol. The highest BCUT2D eigenvalue weighted by atomic mass is 32.1. The van der Waals surface area contributed by atoms with E-state index in [9.17, 15) is 5.26 Å². The molecular weight excluding hydrogens is 348 g/mol. The molecule has 134 valence electrons. The molecule has 26 heavy (non-hydrogen) atoms. The van der Waals surface area contributed by atoms with Gasteiger partial charge in [-0.3, -0.25) is 5.10 Å². The smallest absolute Gasteiger partial charge is 0.130 e. The van der Waals surface area contributed by atoms with Crippen LogP contribution in [0.25, 0.3) is 21.6 Å². The van der Waals surface area contributed by atoms with Gasteiger partial charge in [0, 0.05) is 12.7 Å². The van der Waals surface area contributed by atoms with Crippen LogP contribution in [0.5, 0.6) is 0 Å². The van der Waals surface area contributed by atoms with Crippen LogP contribution in [0.15, 0.2) is 18.3 Å². The summed E-state index contributed by atoms with van der Waals surface area (Å²) in [6.07, 6.45) is 1.70. The molecule has 0 saturated carbocycles. The van der Waals surface area contributed by atoms with Gasteiger partial charge in [0.15, 0.2) is 0 Å². The topological polar surface area (TPSA) is 90.7 Å². The van der Waals surface area contributed by atoms with Gasteiger partial charge in [0.25, 0.3) is 0 Å². The van der Waals surface area contributed by atoms with Crippen molar-refractivity contribution < 1.29 is 4.74 Å². The maximum absolute atomic E-state index is 9.71. The van der Waals surface area contributed by atoms with E-state index in [1.54, 1.807) is 6.20 Å². The Morgan fingerprint density at radius 2 is 2.31 bits per heavy atom. The standard InChI is InChI=1S/C18H20N6OS/c1-11-9-25-7-6-24(11)14-8-12(18(2,3)10-19)17-16(21-14)15(23-26-17)13-4-5-20-22-13/h4-5,8,11H,6-7,9H2,1-3H3,(H,20,22). The second kappa shape index (κ2) is 6.34. The second-order valence-electron chi connectivity index (χ2n) is 7.06. The molecule has 1 atom stereocenters. The van der Waals surface area contributed by atoms with Gasteiger partial charge in [0.05, 0.1) is 41.1 Å². The summed E-state index contributed by atoms with van der Waals surface area (Å²) in [4.78, 5) is 7.18. The zero-order valence-electron chi connectivity index (χ0n) is 15.0. The van der Waals surface area contributed by atoms with E-state index in [0.29, 0.717) is 13.2 Å². The van der Waals surface area contributed by atoms with E-state index in [1.807, 2.05) is 26.0 Å². The maximum atomic E-state index is 9.71. The van der Waals surface area contributed by atoms with Gasteiger partial charge >= 0.3 is 0 Å². The first kappa shape index (κ1) is 16.9. The molecule has 1 aliphatic heterocycles. The first-order chi connectivity index (χ1) is 12.5. The first-order valence-corrected chi connectivity index (χ1v) is 9.35. The lowest BCUT2D eigenvalue weighted by molar-refractivity contribution is 0.0985. The Kier molecular flexibility index (Phi) is 4.13. The van der Waals surface area contributed by atoms with Crippen LogP contribution in [-0.2, 0) is 10.2 Å².